The van der Waals surface area contributed by atoms with E-state index in [-0.39, 0.29) is 70.2 Å². The van der Waals surface area contributed by atoms with Crippen molar-refractivity contribution in [1.29, 1.82) is 0 Å². The summed E-state index contributed by atoms with van der Waals surface area (Å²) in [4.78, 5) is 23.0. The van der Waals surface area contributed by atoms with Gasteiger partial charge in [0.15, 0.2) is 0 Å². The van der Waals surface area contributed by atoms with Gasteiger partial charge in [-0.15, -0.1) is 23.5 Å². The van der Waals surface area contributed by atoms with Crippen LogP contribution in [-0.2, 0) is 0 Å². The van der Waals surface area contributed by atoms with Crippen LogP contribution in [0.15, 0.2) is 21.9 Å². The summed E-state index contributed by atoms with van der Waals surface area (Å²) in [6, 6.07) is 2.61. The first-order valence-electron chi connectivity index (χ1n) is 4.20. The molecule has 0 aliphatic carbocycles. The first kappa shape index (κ1) is 21.2. The summed E-state index contributed by atoms with van der Waals surface area (Å²) in [5.41, 5.74) is -0.690. The molecule has 0 aromatic heterocycles. The second-order valence-electron chi connectivity index (χ2n) is 2.83. The molecule has 0 aliphatic heterocycles. The third-order valence-electron chi connectivity index (χ3n) is 1.96. The summed E-state index contributed by atoms with van der Waals surface area (Å²) in [6.07, 6.45) is 3.57. The van der Waals surface area contributed by atoms with Gasteiger partial charge in [-0.25, -0.2) is 0 Å². The Kier molecular flexibility index (Phi) is 11.4. The van der Waals surface area contributed by atoms with Gasteiger partial charge in [0.2, 0.25) is 0 Å². The molecule has 86 valence electrons. The number of benzene rings is 1. The summed E-state index contributed by atoms with van der Waals surface area (Å²) < 4.78 is 0. The minimum absolute atomic E-state index is 0. The molecule has 0 heterocycles. The molecule has 0 fully saturated rings. The van der Waals surface area contributed by atoms with E-state index in [4.69, 9.17) is 0 Å². The Morgan fingerprint density at radius 3 is 1.33 bits per heavy atom. The number of carbonyl (C=O) groups is 2. The molecule has 0 bridgehead atoms. The van der Waals surface area contributed by atoms with E-state index in [0.29, 0.717) is 9.79 Å². The smallest absolute Gasteiger partial charge is 0.545 e. The maximum absolute atomic E-state index is 10.8. The van der Waals surface area contributed by atoms with Gasteiger partial charge < -0.3 is 19.8 Å². The molecule has 0 atom stereocenters. The molecular formula is C10H8Na2O4S2. The molecule has 1 aromatic carbocycles. The molecule has 4 nitrogen and oxygen atoms in total. The minimum Gasteiger partial charge on any atom is -0.545 e. The van der Waals surface area contributed by atoms with E-state index in [1.165, 1.54) is 35.7 Å². The average Bonchev–Trinajstić information content (AvgIpc) is 2.26. The van der Waals surface area contributed by atoms with Crippen molar-refractivity contribution in [3.05, 3.63) is 23.3 Å². The Balaban J connectivity index is 0. The standard InChI is InChI=1S/C10H10O4S2.2Na/c1-15-7-3-5(9(11)12)6(10(13)14)4-8(7)16-2;;/h3-4H,1-2H3,(H,11,12)(H,13,14);;/q;2*+1/p-2. The Morgan fingerprint density at radius 2 is 1.17 bits per heavy atom. The fourth-order valence-electron chi connectivity index (χ4n) is 1.22. The maximum atomic E-state index is 10.8. The van der Waals surface area contributed by atoms with Gasteiger partial charge in [0.05, 0.1) is 11.9 Å². The van der Waals surface area contributed by atoms with Gasteiger partial charge in [-0.2, -0.15) is 0 Å². The van der Waals surface area contributed by atoms with Crippen LogP contribution in [0, 0.1) is 0 Å². The van der Waals surface area contributed by atoms with E-state index in [0.717, 1.165) is 0 Å². The molecule has 8 heteroatoms. The summed E-state index contributed by atoms with van der Waals surface area (Å²) in [7, 11) is 0. The number of thioether (sulfide) groups is 2. The fourth-order valence-corrected chi connectivity index (χ4v) is 2.71. The predicted molar refractivity (Wildman–Crippen MR) is 58.7 cm³/mol. The quantitative estimate of drug-likeness (QED) is 0.407. The number of aromatic carboxylic acids is 2. The van der Waals surface area contributed by atoms with Crippen LogP contribution in [0.5, 0.6) is 0 Å². The monoisotopic (exact) mass is 302 g/mol. The minimum atomic E-state index is -1.51. The summed E-state index contributed by atoms with van der Waals surface area (Å²) in [6.45, 7) is 0. The molecule has 0 aliphatic rings. The molecule has 1 rings (SSSR count). The molecule has 0 radical (unpaired) electrons. The molecule has 0 N–H and O–H groups in total. The van der Waals surface area contributed by atoms with E-state index in [1.54, 1.807) is 12.5 Å². The van der Waals surface area contributed by atoms with Crippen LogP contribution >= 0.6 is 23.5 Å². The molecule has 0 unspecified atom stereocenters. The first-order chi connectivity index (χ1) is 7.51. The molecule has 0 amide bonds. The summed E-state index contributed by atoms with van der Waals surface area (Å²) in [5, 5.41) is 21.6. The predicted octanol–water partition coefficient (Wildman–Crippen LogP) is -6.13. The van der Waals surface area contributed by atoms with Crippen molar-refractivity contribution in [2.45, 2.75) is 9.79 Å². The molecule has 0 saturated heterocycles. The van der Waals surface area contributed by atoms with Crippen molar-refractivity contribution in [3.63, 3.8) is 0 Å². The van der Waals surface area contributed by atoms with Crippen molar-refractivity contribution in [1.82, 2.24) is 0 Å². The van der Waals surface area contributed by atoms with Gasteiger partial charge in [-0.3, -0.25) is 0 Å². The largest absolute Gasteiger partial charge is 1.00 e. The molecule has 0 spiro atoms. The topological polar surface area (TPSA) is 80.3 Å². The number of carboxylic acid groups (broad SMARTS) is 2. The summed E-state index contributed by atoms with van der Waals surface area (Å²) in [5.74, 6) is -3.02. The molecular weight excluding hydrogens is 294 g/mol. The summed E-state index contributed by atoms with van der Waals surface area (Å²) >= 11 is 2.69. The third kappa shape index (κ3) is 5.09. The van der Waals surface area contributed by atoms with Crippen LogP contribution < -0.4 is 69.3 Å². The Labute approximate surface area is 158 Å². The third-order valence-corrected chi connectivity index (χ3v) is 3.65. The molecule has 0 saturated carbocycles. The number of carbonyl (C=O) groups excluding carboxylic acids is 2. The van der Waals surface area contributed by atoms with Gasteiger partial charge in [0.25, 0.3) is 0 Å². The van der Waals surface area contributed by atoms with Gasteiger partial charge >= 0.3 is 59.1 Å². The van der Waals surface area contributed by atoms with Gasteiger partial charge in [0.1, 0.15) is 0 Å². The average molecular weight is 302 g/mol. The van der Waals surface area contributed by atoms with E-state index in [1.807, 2.05) is 0 Å². The van der Waals surface area contributed by atoms with Crippen LogP contribution in [0.4, 0.5) is 0 Å². The SMILES string of the molecule is CSc1cc(C(=O)[O-])c(C(=O)[O-])cc1SC.[Na+].[Na+]. The molecule has 18 heavy (non-hydrogen) atoms. The van der Waals surface area contributed by atoms with E-state index >= 15 is 0 Å². The van der Waals surface area contributed by atoms with Crippen molar-refractivity contribution < 1.29 is 78.9 Å². The first-order valence-corrected chi connectivity index (χ1v) is 6.65. The van der Waals surface area contributed by atoms with Crippen molar-refractivity contribution >= 4 is 35.5 Å². The Morgan fingerprint density at radius 1 is 0.889 bits per heavy atom. The van der Waals surface area contributed by atoms with E-state index < -0.39 is 11.9 Å². The maximum Gasteiger partial charge on any atom is 1.00 e. The van der Waals surface area contributed by atoms with E-state index in [2.05, 4.69) is 0 Å². The van der Waals surface area contributed by atoms with E-state index in [9.17, 15) is 19.8 Å². The molecule has 1 aromatic rings. The number of hydrogen-bond donors (Lipinski definition) is 0. The van der Waals surface area contributed by atoms with Crippen LogP contribution in [0.3, 0.4) is 0 Å². The number of hydrogen-bond acceptors (Lipinski definition) is 6. The van der Waals surface area contributed by atoms with Gasteiger partial charge in [-0.1, -0.05) is 0 Å². The zero-order valence-electron chi connectivity index (χ0n) is 10.6. The Hall–Kier alpha value is 0.860. The van der Waals surface area contributed by atoms with Crippen LogP contribution in [0.2, 0.25) is 0 Å². The normalized spacial score (nSPS) is 9.00. The van der Waals surface area contributed by atoms with Gasteiger partial charge in [0, 0.05) is 20.9 Å². The van der Waals surface area contributed by atoms with Gasteiger partial charge in [-0.05, 0) is 24.6 Å². The van der Waals surface area contributed by atoms with Crippen molar-refractivity contribution in [2.75, 3.05) is 12.5 Å². The number of carboxylic acids is 2. The second kappa shape index (κ2) is 9.72. The van der Waals surface area contributed by atoms with Crippen LogP contribution in [0.1, 0.15) is 20.7 Å². The second-order valence-corrected chi connectivity index (χ2v) is 4.52. The van der Waals surface area contributed by atoms with Crippen LogP contribution in [0.25, 0.3) is 0 Å². The van der Waals surface area contributed by atoms with Crippen molar-refractivity contribution in [2.24, 2.45) is 0 Å². The Bertz CT molecular complexity index is 411. The zero-order valence-corrected chi connectivity index (χ0v) is 16.2. The zero-order chi connectivity index (χ0) is 12.3. The van der Waals surface area contributed by atoms with Crippen molar-refractivity contribution in [3.8, 4) is 0 Å². The fraction of sp³-hybridized carbons (Fsp3) is 0.200. The number of rotatable bonds is 4. The van der Waals surface area contributed by atoms with Crippen LogP contribution in [-0.4, -0.2) is 24.5 Å².